The fourth-order valence-electron chi connectivity index (χ4n) is 2.75. The molecule has 2 heterocycles. The van der Waals surface area contributed by atoms with Crippen molar-refractivity contribution in [3.63, 3.8) is 0 Å². The third-order valence-electron chi connectivity index (χ3n) is 4.27. The van der Waals surface area contributed by atoms with Crippen LogP contribution in [-0.4, -0.2) is 117 Å². The topological polar surface area (TPSA) is 179 Å². The van der Waals surface area contributed by atoms with E-state index in [9.17, 15) is 30.6 Å². The van der Waals surface area contributed by atoms with Crippen LogP contribution in [0.2, 0.25) is 0 Å². The summed E-state index contributed by atoms with van der Waals surface area (Å²) in [4.78, 5) is 0. The normalized spacial score (nSPS) is 48.5. The van der Waals surface area contributed by atoms with E-state index in [1.165, 1.54) is 0 Å². The van der Waals surface area contributed by atoms with E-state index < -0.39 is 68.0 Å². The third kappa shape index (κ3) is 4.46. The van der Waals surface area contributed by atoms with Gasteiger partial charge in [-0.1, -0.05) is 0 Å². The molecule has 0 unspecified atom stereocenters. The van der Waals surface area contributed by atoms with E-state index in [0.717, 1.165) is 0 Å². The first-order valence-corrected chi connectivity index (χ1v) is 8.05. The lowest BCUT2D eigenvalue weighted by Crippen LogP contribution is -2.61. The van der Waals surface area contributed by atoms with Gasteiger partial charge < -0.3 is 54.7 Å². The average molecular weight is 370 g/mol. The van der Waals surface area contributed by atoms with Gasteiger partial charge >= 0.3 is 0 Å². The van der Waals surface area contributed by atoms with E-state index in [-0.39, 0.29) is 13.2 Å². The molecule has 11 nitrogen and oxygen atoms in total. The quantitative estimate of drug-likeness (QED) is 0.240. The highest BCUT2D eigenvalue weighted by molar-refractivity contribution is 4.91. The molecular formula is C14H26O11. The molecule has 2 aliphatic rings. The molecule has 0 aromatic heterocycles. The fraction of sp³-hybridized carbons (Fsp3) is 1.00. The molecule has 2 rings (SSSR count). The van der Waals surface area contributed by atoms with Crippen LogP contribution in [0.15, 0.2) is 0 Å². The van der Waals surface area contributed by atoms with Gasteiger partial charge in [0.05, 0.1) is 13.2 Å². The predicted octanol–water partition coefficient (Wildman–Crippen LogP) is -4.35. The summed E-state index contributed by atoms with van der Waals surface area (Å²) in [5.74, 6) is 0. The Bertz CT molecular complexity index is 408. The summed E-state index contributed by atoms with van der Waals surface area (Å²) in [5.41, 5.74) is 0. The molecule has 2 saturated heterocycles. The molecule has 0 radical (unpaired) electrons. The van der Waals surface area contributed by atoms with Crippen molar-refractivity contribution < 1.29 is 54.7 Å². The van der Waals surface area contributed by atoms with Crippen molar-refractivity contribution in [1.82, 2.24) is 0 Å². The van der Waals surface area contributed by atoms with Crippen LogP contribution in [0.25, 0.3) is 0 Å². The van der Waals surface area contributed by atoms with Crippen LogP contribution >= 0.6 is 0 Å². The van der Waals surface area contributed by atoms with Crippen molar-refractivity contribution in [3.8, 4) is 0 Å². The summed E-state index contributed by atoms with van der Waals surface area (Å²) in [5, 5.41) is 68.0. The van der Waals surface area contributed by atoms with Gasteiger partial charge in [-0.3, -0.25) is 0 Å². The highest BCUT2D eigenvalue weighted by Crippen LogP contribution is 2.25. The van der Waals surface area contributed by atoms with E-state index in [0.29, 0.717) is 0 Å². The summed E-state index contributed by atoms with van der Waals surface area (Å²) in [6.45, 7) is 0.875. The minimum atomic E-state index is -1.60. The molecule has 2 fully saturated rings. The summed E-state index contributed by atoms with van der Waals surface area (Å²) in [7, 11) is 0. The number of aliphatic hydroxyl groups excluding tert-OH is 7. The second kappa shape index (κ2) is 8.97. The van der Waals surface area contributed by atoms with E-state index >= 15 is 0 Å². The number of hydrogen-bond donors (Lipinski definition) is 7. The van der Waals surface area contributed by atoms with E-state index in [4.69, 9.17) is 24.1 Å². The summed E-state index contributed by atoms with van der Waals surface area (Å²) in [6, 6.07) is 0. The van der Waals surface area contributed by atoms with E-state index in [2.05, 4.69) is 0 Å². The van der Waals surface area contributed by atoms with Gasteiger partial charge in [-0.05, 0) is 6.92 Å². The highest BCUT2D eigenvalue weighted by atomic mass is 16.7. The number of ether oxygens (including phenoxy) is 4. The SMILES string of the molecule is CCO[C@@H]1O[C@H](CO[C@@H]2O[C@H](CO)[C@@H](O)[C@H](O)[C@H]2O)[C@@H](O)[C@H](O)[C@H]1O. The first kappa shape index (κ1) is 20.9. The van der Waals surface area contributed by atoms with Gasteiger partial charge in [-0.15, -0.1) is 0 Å². The molecule has 2 aliphatic heterocycles. The summed E-state index contributed by atoms with van der Waals surface area (Å²) in [6.07, 6.45) is -14.0. The van der Waals surface area contributed by atoms with Crippen molar-refractivity contribution in [3.05, 3.63) is 0 Å². The molecule has 0 amide bonds. The van der Waals surface area contributed by atoms with Crippen molar-refractivity contribution in [1.29, 1.82) is 0 Å². The minimum Gasteiger partial charge on any atom is -0.394 e. The molecular weight excluding hydrogens is 344 g/mol. The van der Waals surface area contributed by atoms with Crippen molar-refractivity contribution in [2.24, 2.45) is 0 Å². The molecule has 0 bridgehead atoms. The third-order valence-corrected chi connectivity index (χ3v) is 4.27. The Hall–Kier alpha value is -0.440. The molecule has 0 saturated carbocycles. The van der Waals surface area contributed by atoms with Crippen molar-refractivity contribution >= 4 is 0 Å². The zero-order valence-corrected chi connectivity index (χ0v) is 13.7. The monoisotopic (exact) mass is 370 g/mol. The Morgan fingerprint density at radius 3 is 1.68 bits per heavy atom. The van der Waals surface area contributed by atoms with Crippen LogP contribution in [0.4, 0.5) is 0 Å². The zero-order chi connectivity index (χ0) is 18.7. The molecule has 25 heavy (non-hydrogen) atoms. The fourth-order valence-corrected chi connectivity index (χ4v) is 2.75. The number of aliphatic hydroxyl groups is 7. The van der Waals surface area contributed by atoms with E-state index in [1.54, 1.807) is 6.92 Å². The van der Waals surface area contributed by atoms with Crippen LogP contribution in [-0.2, 0) is 18.9 Å². The number of rotatable bonds is 6. The Labute approximate surface area is 143 Å². The maximum Gasteiger partial charge on any atom is 0.186 e. The van der Waals surface area contributed by atoms with Crippen LogP contribution in [0.1, 0.15) is 6.92 Å². The lowest BCUT2D eigenvalue weighted by Gasteiger charge is -2.42. The van der Waals surface area contributed by atoms with Crippen LogP contribution < -0.4 is 0 Å². The molecule has 11 heteroatoms. The first-order valence-electron chi connectivity index (χ1n) is 8.05. The molecule has 10 atom stereocenters. The minimum absolute atomic E-state index is 0.199. The van der Waals surface area contributed by atoms with Crippen LogP contribution in [0, 0.1) is 0 Å². The highest BCUT2D eigenvalue weighted by Gasteiger charge is 2.47. The molecule has 148 valence electrons. The molecule has 0 aliphatic carbocycles. The predicted molar refractivity (Wildman–Crippen MR) is 78.0 cm³/mol. The first-order chi connectivity index (χ1) is 11.8. The van der Waals surface area contributed by atoms with Gasteiger partial charge in [0.25, 0.3) is 0 Å². The van der Waals surface area contributed by atoms with Crippen molar-refractivity contribution in [2.75, 3.05) is 19.8 Å². The molecule has 0 aromatic rings. The largest absolute Gasteiger partial charge is 0.394 e. The lowest BCUT2D eigenvalue weighted by atomic mass is 9.98. The Kier molecular flexibility index (Phi) is 7.49. The molecule has 7 N–H and O–H groups in total. The average Bonchev–Trinajstić information content (AvgIpc) is 2.60. The van der Waals surface area contributed by atoms with Gasteiger partial charge in [0.15, 0.2) is 12.6 Å². The van der Waals surface area contributed by atoms with Crippen LogP contribution in [0.5, 0.6) is 0 Å². The maximum atomic E-state index is 9.98. The zero-order valence-electron chi connectivity index (χ0n) is 13.7. The molecule has 0 aromatic carbocycles. The van der Waals surface area contributed by atoms with Gasteiger partial charge in [-0.25, -0.2) is 0 Å². The smallest absolute Gasteiger partial charge is 0.186 e. The van der Waals surface area contributed by atoms with Crippen molar-refractivity contribution in [2.45, 2.75) is 68.3 Å². The summed E-state index contributed by atoms with van der Waals surface area (Å²) < 4.78 is 20.9. The Morgan fingerprint density at radius 2 is 1.16 bits per heavy atom. The Morgan fingerprint density at radius 1 is 0.680 bits per heavy atom. The van der Waals surface area contributed by atoms with Gasteiger partial charge in [0.1, 0.15) is 48.8 Å². The number of hydrogen-bond acceptors (Lipinski definition) is 11. The second-order valence-electron chi connectivity index (χ2n) is 6.00. The summed E-state index contributed by atoms with van der Waals surface area (Å²) >= 11 is 0. The Balaban J connectivity index is 1.96. The molecule has 0 spiro atoms. The van der Waals surface area contributed by atoms with Crippen LogP contribution in [0.3, 0.4) is 0 Å². The standard InChI is InChI=1S/C14H26O11/c1-2-22-13-11(20)10(19)8(17)6(25-13)4-23-14-12(21)9(18)7(16)5(3-15)24-14/h5-21H,2-4H2,1H3/t5-,6-,7-,8-,9+,10+,11-,12-,13-,14-/m1/s1. The van der Waals surface area contributed by atoms with Gasteiger partial charge in [-0.2, -0.15) is 0 Å². The van der Waals surface area contributed by atoms with Gasteiger partial charge in [0.2, 0.25) is 0 Å². The lowest BCUT2D eigenvalue weighted by molar-refractivity contribution is -0.330. The van der Waals surface area contributed by atoms with E-state index in [1.807, 2.05) is 0 Å². The van der Waals surface area contributed by atoms with Gasteiger partial charge in [0, 0.05) is 6.61 Å². The second-order valence-corrected chi connectivity index (χ2v) is 6.00. The maximum absolute atomic E-state index is 9.98.